The Balaban J connectivity index is 1.25. The summed E-state index contributed by atoms with van der Waals surface area (Å²) in [5.41, 5.74) is 0.709. The molecule has 1 atom stereocenters. The van der Waals surface area contributed by atoms with Crippen LogP contribution in [0, 0.1) is 11.8 Å². The molecule has 5 nitrogen and oxygen atoms in total. The largest absolute Gasteiger partial charge is 0.381 e. The molecular weight excluding hydrogens is 328 g/mol. The number of rotatable bonds is 6. The number of amides is 1. The fourth-order valence-electron chi connectivity index (χ4n) is 4.30. The molecule has 3 aliphatic rings. The van der Waals surface area contributed by atoms with Gasteiger partial charge in [-0.2, -0.15) is 0 Å². The van der Waals surface area contributed by atoms with E-state index in [0.717, 1.165) is 76.5 Å². The quantitative estimate of drug-likeness (QED) is 0.732. The molecule has 0 N–H and O–H groups in total. The van der Waals surface area contributed by atoms with Gasteiger partial charge in [0.25, 0.3) is 5.91 Å². The van der Waals surface area contributed by atoms with E-state index in [1.807, 2.05) is 4.90 Å². The number of hydrogen-bond acceptors (Lipinski definition) is 4. The SMILES string of the molecule is O=C(c1ccncc1)N1CCC2(CC1)CC(CCOCC1CC1)CCO2. The van der Waals surface area contributed by atoms with Gasteiger partial charge in [-0.05, 0) is 68.9 Å². The van der Waals surface area contributed by atoms with Crippen molar-refractivity contribution in [2.24, 2.45) is 11.8 Å². The van der Waals surface area contributed by atoms with Crippen molar-refractivity contribution in [1.29, 1.82) is 0 Å². The number of piperidine rings is 1. The number of pyridine rings is 1. The molecule has 1 aliphatic carbocycles. The van der Waals surface area contributed by atoms with E-state index < -0.39 is 0 Å². The lowest BCUT2D eigenvalue weighted by Crippen LogP contribution is -2.50. The van der Waals surface area contributed by atoms with E-state index in [-0.39, 0.29) is 11.5 Å². The molecule has 1 spiro atoms. The van der Waals surface area contributed by atoms with Crippen LogP contribution in [0.2, 0.25) is 0 Å². The fourth-order valence-corrected chi connectivity index (χ4v) is 4.30. The van der Waals surface area contributed by atoms with Crippen molar-refractivity contribution >= 4 is 5.91 Å². The fraction of sp³-hybridized carbons (Fsp3) is 0.714. The van der Waals surface area contributed by atoms with Gasteiger partial charge in [-0.3, -0.25) is 9.78 Å². The van der Waals surface area contributed by atoms with E-state index in [9.17, 15) is 4.79 Å². The van der Waals surface area contributed by atoms with Crippen molar-refractivity contribution in [2.75, 3.05) is 32.9 Å². The Morgan fingerprint density at radius 1 is 1.19 bits per heavy atom. The van der Waals surface area contributed by atoms with Crippen LogP contribution in [0.4, 0.5) is 0 Å². The Morgan fingerprint density at radius 3 is 2.69 bits per heavy atom. The molecule has 3 heterocycles. The summed E-state index contributed by atoms with van der Waals surface area (Å²) in [5.74, 6) is 1.66. The summed E-state index contributed by atoms with van der Waals surface area (Å²) < 4.78 is 12.1. The molecule has 5 heteroatoms. The lowest BCUT2D eigenvalue weighted by atomic mass is 9.78. The molecule has 2 saturated heterocycles. The zero-order valence-corrected chi connectivity index (χ0v) is 15.6. The first-order valence-electron chi connectivity index (χ1n) is 10.2. The van der Waals surface area contributed by atoms with Crippen LogP contribution in [0.5, 0.6) is 0 Å². The van der Waals surface area contributed by atoms with Crippen LogP contribution in [-0.2, 0) is 9.47 Å². The number of aromatic nitrogens is 1. The van der Waals surface area contributed by atoms with E-state index in [4.69, 9.17) is 9.47 Å². The zero-order chi connectivity index (χ0) is 17.8. The summed E-state index contributed by atoms with van der Waals surface area (Å²) >= 11 is 0. The third kappa shape index (κ3) is 4.44. The Labute approximate surface area is 156 Å². The minimum atomic E-state index is -0.0194. The van der Waals surface area contributed by atoms with Crippen LogP contribution < -0.4 is 0 Å². The Bertz CT molecular complexity index is 595. The first kappa shape index (κ1) is 17.9. The van der Waals surface area contributed by atoms with E-state index in [0.29, 0.717) is 5.92 Å². The van der Waals surface area contributed by atoms with Gasteiger partial charge in [0.15, 0.2) is 0 Å². The molecule has 0 bridgehead atoms. The summed E-state index contributed by atoms with van der Waals surface area (Å²) in [4.78, 5) is 18.6. The van der Waals surface area contributed by atoms with Crippen molar-refractivity contribution in [1.82, 2.24) is 9.88 Å². The third-order valence-electron chi connectivity index (χ3n) is 6.21. The molecule has 0 radical (unpaired) electrons. The van der Waals surface area contributed by atoms with Crippen LogP contribution >= 0.6 is 0 Å². The highest BCUT2D eigenvalue weighted by Gasteiger charge is 2.41. The standard InChI is InChI=1S/C21H30N2O3/c24-20(19-3-9-22-10-4-19)23-11-7-21(8-12-23)15-17(6-14-26-21)5-13-25-16-18-1-2-18/h3-4,9-10,17-18H,1-2,5-8,11-16H2. The van der Waals surface area contributed by atoms with Crippen molar-refractivity contribution in [3.8, 4) is 0 Å². The van der Waals surface area contributed by atoms with Gasteiger partial charge in [-0.15, -0.1) is 0 Å². The maximum absolute atomic E-state index is 12.6. The molecule has 1 amide bonds. The first-order chi connectivity index (χ1) is 12.7. The number of likely N-dealkylation sites (tertiary alicyclic amines) is 1. The summed E-state index contributed by atoms with van der Waals surface area (Å²) in [6.45, 7) is 4.27. The number of hydrogen-bond donors (Lipinski definition) is 0. The second-order valence-electron chi connectivity index (χ2n) is 8.23. The van der Waals surface area contributed by atoms with E-state index in [1.54, 1.807) is 24.5 Å². The molecule has 26 heavy (non-hydrogen) atoms. The molecule has 1 aromatic heterocycles. The highest BCUT2D eigenvalue weighted by molar-refractivity contribution is 5.94. The van der Waals surface area contributed by atoms with Gasteiger partial charge in [0.05, 0.1) is 5.60 Å². The Kier molecular flexibility index (Phi) is 5.55. The van der Waals surface area contributed by atoms with Gasteiger partial charge in [0, 0.05) is 50.9 Å². The minimum Gasteiger partial charge on any atom is -0.381 e. The van der Waals surface area contributed by atoms with Gasteiger partial charge < -0.3 is 14.4 Å². The second-order valence-corrected chi connectivity index (χ2v) is 8.23. The summed E-state index contributed by atoms with van der Waals surface area (Å²) in [7, 11) is 0. The lowest BCUT2D eigenvalue weighted by molar-refractivity contribution is -0.126. The molecule has 3 fully saturated rings. The van der Waals surface area contributed by atoms with Gasteiger partial charge in [0.2, 0.25) is 0 Å². The van der Waals surface area contributed by atoms with Crippen molar-refractivity contribution in [3.63, 3.8) is 0 Å². The second kappa shape index (κ2) is 8.05. The normalized spacial score (nSPS) is 25.4. The highest BCUT2D eigenvalue weighted by atomic mass is 16.5. The first-order valence-corrected chi connectivity index (χ1v) is 10.2. The number of nitrogens with zero attached hydrogens (tertiary/aromatic N) is 2. The minimum absolute atomic E-state index is 0.0194. The number of carbonyl (C=O) groups excluding carboxylic acids is 1. The van der Waals surface area contributed by atoms with E-state index >= 15 is 0 Å². The van der Waals surface area contributed by atoms with Crippen molar-refractivity contribution in [3.05, 3.63) is 30.1 Å². The van der Waals surface area contributed by atoms with Crippen LogP contribution in [0.15, 0.2) is 24.5 Å². The van der Waals surface area contributed by atoms with Gasteiger partial charge in [0.1, 0.15) is 0 Å². The maximum atomic E-state index is 12.6. The smallest absolute Gasteiger partial charge is 0.253 e. The molecule has 1 unspecified atom stereocenters. The molecule has 2 aliphatic heterocycles. The highest BCUT2D eigenvalue weighted by Crippen LogP contribution is 2.39. The molecular formula is C21H30N2O3. The monoisotopic (exact) mass is 358 g/mol. The van der Waals surface area contributed by atoms with E-state index in [2.05, 4.69) is 4.98 Å². The van der Waals surface area contributed by atoms with Gasteiger partial charge >= 0.3 is 0 Å². The van der Waals surface area contributed by atoms with Crippen molar-refractivity contribution in [2.45, 2.75) is 50.5 Å². The zero-order valence-electron chi connectivity index (χ0n) is 15.6. The average Bonchev–Trinajstić information content (AvgIpc) is 3.51. The molecule has 0 aromatic carbocycles. The summed E-state index contributed by atoms with van der Waals surface area (Å²) in [6, 6.07) is 3.59. The molecule has 1 saturated carbocycles. The predicted molar refractivity (Wildman–Crippen MR) is 98.9 cm³/mol. The lowest BCUT2D eigenvalue weighted by Gasteiger charge is -2.46. The van der Waals surface area contributed by atoms with Crippen LogP contribution in [0.25, 0.3) is 0 Å². The van der Waals surface area contributed by atoms with Gasteiger partial charge in [-0.25, -0.2) is 0 Å². The Hall–Kier alpha value is -1.46. The molecule has 142 valence electrons. The average molecular weight is 358 g/mol. The van der Waals surface area contributed by atoms with Gasteiger partial charge in [-0.1, -0.05) is 0 Å². The van der Waals surface area contributed by atoms with Crippen LogP contribution in [0.3, 0.4) is 0 Å². The Morgan fingerprint density at radius 2 is 1.96 bits per heavy atom. The number of carbonyl (C=O) groups is 1. The molecule has 1 aromatic rings. The summed E-state index contributed by atoms with van der Waals surface area (Å²) in [6.07, 6.45) is 11.4. The third-order valence-corrected chi connectivity index (χ3v) is 6.21. The van der Waals surface area contributed by atoms with Crippen LogP contribution in [0.1, 0.15) is 55.3 Å². The summed E-state index contributed by atoms with van der Waals surface area (Å²) in [5, 5.41) is 0. The maximum Gasteiger partial charge on any atom is 0.253 e. The number of ether oxygens (including phenoxy) is 2. The van der Waals surface area contributed by atoms with E-state index in [1.165, 1.54) is 12.8 Å². The topological polar surface area (TPSA) is 51.7 Å². The molecule has 4 rings (SSSR count). The van der Waals surface area contributed by atoms with Crippen LogP contribution in [-0.4, -0.2) is 54.3 Å². The van der Waals surface area contributed by atoms with Crippen molar-refractivity contribution < 1.29 is 14.3 Å². The predicted octanol–water partition coefficient (Wildman–Crippen LogP) is 3.30.